The summed E-state index contributed by atoms with van der Waals surface area (Å²) < 4.78 is 5.12. The van der Waals surface area contributed by atoms with Crippen molar-refractivity contribution in [1.29, 1.82) is 0 Å². The Morgan fingerprint density at radius 3 is 2.39 bits per heavy atom. The number of nitrogens with zero attached hydrogens (tertiary/aromatic N) is 2. The summed E-state index contributed by atoms with van der Waals surface area (Å²) in [6.45, 7) is 3.15. The summed E-state index contributed by atoms with van der Waals surface area (Å²) in [5.41, 5.74) is 1.22. The first-order chi connectivity index (χ1) is 10.9. The molecule has 6 heteroatoms. The number of amides is 1. The monoisotopic (exact) mass is 332 g/mol. The lowest BCUT2D eigenvalue weighted by molar-refractivity contribution is -0.116. The van der Waals surface area contributed by atoms with Crippen LogP contribution in [0.3, 0.4) is 0 Å². The van der Waals surface area contributed by atoms with Crippen molar-refractivity contribution in [1.82, 2.24) is 4.98 Å². The smallest absolute Gasteiger partial charge is 0.225 e. The third-order valence-corrected chi connectivity index (χ3v) is 3.55. The number of ketones is 1. The van der Waals surface area contributed by atoms with Gasteiger partial charge in [0.05, 0.1) is 24.2 Å². The third kappa shape index (κ3) is 4.07. The standard InChI is InChI=1S/C17H17ClN2O3/c1-11(21)16-8-14(18)9-19-17(16)20(12(2)22)10-13-4-6-15(23-3)7-5-13/h4-9H,10H2,1-3H3. The highest BCUT2D eigenvalue weighted by Gasteiger charge is 2.20. The van der Waals surface area contributed by atoms with Gasteiger partial charge in [0.1, 0.15) is 11.6 Å². The maximum atomic E-state index is 12.0. The van der Waals surface area contributed by atoms with Crippen molar-refractivity contribution < 1.29 is 14.3 Å². The van der Waals surface area contributed by atoms with Gasteiger partial charge in [0, 0.05) is 13.1 Å². The number of ether oxygens (including phenoxy) is 1. The van der Waals surface area contributed by atoms with Gasteiger partial charge in [-0.3, -0.25) is 14.5 Å². The van der Waals surface area contributed by atoms with E-state index in [4.69, 9.17) is 16.3 Å². The molecule has 0 aliphatic rings. The van der Waals surface area contributed by atoms with Crippen molar-refractivity contribution in [2.45, 2.75) is 20.4 Å². The zero-order chi connectivity index (χ0) is 17.0. The minimum Gasteiger partial charge on any atom is -0.497 e. The van der Waals surface area contributed by atoms with Crippen LogP contribution in [0, 0.1) is 0 Å². The SMILES string of the molecule is COc1ccc(CN(C(C)=O)c2ncc(Cl)cc2C(C)=O)cc1. The van der Waals surface area contributed by atoms with Crippen LogP contribution in [0.5, 0.6) is 5.75 Å². The van der Waals surface area contributed by atoms with E-state index in [0.717, 1.165) is 11.3 Å². The van der Waals surface area contributed by atoms with Gasteiger partial charge in [0.15, 0.2) is 5.78 Å². The number of aromatic nitrogens is 1. The molecule has 0 aliphatic heterocycles. The van der Waals surface area contributed by atoms with E-state index in [1.807, 2.05) is 24.3 Å². The predicted octanol–water partition coefficient (Wildman–Crippen LogP) is 3.50. The molecule has 1 amide bonds. The van der Waals surface area contributed by atoms with Gasteiger partial charge < -0.3 is 4.74 Å². The Kier molecular flexibility index (Phi) is 5.34. The highest BCUT2D eigenvalue weighted by Crippen LogP contribution is 2.24. The average molecular weight is 333 g/mol. The van der Waals surface area contributed by atoms with Crippen molar-refractivity contribution in [3.63, 3.8) is 0 Å². The number of Topliss-reactive ketones (excluding diaryl/α,β-unsaturated/α-hetero) is 1. The Balaban J connectivity index is 2.38. The van der Waals surface area contributed by atoms with Crippen LogP contribution >= 0.6 is 11.6 Å². The second-order valence-electron chi connectivity index (χ2n) is 5.03. The van der Waals surface area contributed by atoms with Crippen molar-refractivity contribution in [3.05, 3.63) is 52.7 Å². The summed E-state index contributed by atoms with van der Waals surface area (Å²) in [4.78, 5) is 29.5. The van der Waals surface area contributed by atoms with Crippen LogP contribution in [-0.4, -0.2) is 23.8 Å². The van der Waals surface area contributed by atoms with Crippen LogP contribution in [0.15, 0.2) is 36.5 Å². The van der Waals surface area contributed by atoms with Crippen LogP contribution in [0.2, 0.25) is 5.02 Å². The number of rotatable bonds is 5. The van der Waals surface area contributed by atoms with Gasteiger partial charge in [-0.25, -0.2) is 4.98 Å². The molecule has 1 aromatic heterocycles. The van der Waals surface area contributed by atoms with Crippen molar-refractivity contribution >= 4 is 29.1 Å². The first-order valence-electron chi connectivity index (χ1n) is 7.00. The Morgan fingerprint density at radius 2 is 1.87 bits per heavy atom. The molecule has 1 heterocycles. The lowest BCUT2D eigenvalue weighted by Crippen LogP contribution is -2.30. The zero-order valence-electron chi connectivity index (χ0n) is 13.2. The molecule has 1 aromatic carbocycles. The van der Waals surface area contributed by atoms with Crippen molar-refractivity contribution in [2.75, 3.05) is 12.0 Å². The lowest BCUT2D eigenvalue weighted by Gasteiger charge is -2.22. The number of pyridine rings is 1. The maximum absolute atomic E-state index is 12.0. The first kappa shape index (κ1) is 17.0. The lowest BCUT2D eigenvalue weighted by atomic mass is 10.1. The highest BCUT2D eigenvalue weighted by molar-refractivity contribution is 6.31. The van der Waals surface area contributed by atoms with Gasteiger partial charge >= 0.3 is 0 Å². The van der Waals surface area contributed by atoms with Gasteiger partial charge in [-0.2, -0.15) is 0 Å². The molecule has 5 nitrogen and oxygen atoms in total. The van der Waals surface area contributed by atoms with Gasteiger partial charge in [0.2, 0.25) is 5.91 Å². The predicted molar refractivity (Wildman–Crippen MR) is 89.1 cm³/mol. The molecule has 0 spiro atoms. The molecule has 2 aromatic rings. The normalized spacial score (nSPS) is 10.3. The fourth-order valence-corrected chi connectivity index (χ4v) is 2.31. The van der Waals surface area contributed by atoms with Crippen molar-refractivity contribution in [2.24, 2.45) is 0 Å². The van der Waals surface area contributed by atoms with Gasteiger partial charge in [-0.05, 0) is 30.7 Å². The number of methoxy groups -OCH3 is 1. The van der Waals surface area contributed by atoms with E-state index >= 15 is 0 Å². The summed E-state index contributed by atoms with van der Waals surface area (Å²) in [6, 6.07) is 8.87. The minimum atomic E-state index is -0.210. The van der Waals surface area contributed by atoms with E-state index in [2.05, 4.69) is 4.98 Å². The number of hydrogen-bond donors (Lipinski definition) is 0. The molecule has 120 valence electrons. The van der Waals surface area contributed by atoms with E-state index in [-0.39, 0.29) is 11.7 Å². The van der Waals surface area contributed by atoms with Gasteiger partial charge in [-0.1, -0.05) is 23.7 Å². The molecule has 23 heavy (non-hydrogen) atoms. The van der Waals surface area contributed by atoms with E-state index in [1.165, 1.54) is 31.0 Å². The molecule has 0 aliphatic carbocycles. The summed E-state index contributed by atoms with van der Waals surface area (Å²) in [5.74, 6) is 0.636. The fourth-order valence-electron chi connectivity index (χ4n) is 2.16. The van der Waals surface area contributed by atoms with Crippen LogP contribution in [-0.2, 0) is 11.3 Å². The van der Waals surface area contributed by atoms with E-state index < -0.39 is 0 Å². The molecule has 0 N–H and O–H groups in total. The molecule has 0 fully saturated rings. The number of anilines is 1. The van der Waals surface area contributed by atoms with Crippen LogP contribution < -0.4 is 9.64 Å². The first-order valence-corrected chi connectivity index (χ1v) is 7.37. The summed E-state index contributed by atoms with van der Waals surface area (Å²) >= 11 is 5.91. The van der Waals surface area contributed by atoms with Crippen LogP contribution in [0.1, 0.15) is 29.8 Å². The van der Waals surface area contributed by atoms with Crippen LogP contribution in [0.25, 0.3) is 0 Å². The Hall–Kier alpha value is -2.40. The second-order valence-corrected chi connectivity index (χ2v) is 5.47. The number of benzene rings is 1. The maximum Gasteiger partial charge on any atom is 0.225 e. The largest absolute Gasteiger partial charge is 0.497 e. The van der Waals surface area contributed by atoms with Gasteiger partial charge in [0.25, 0.3) is 0 Å². The zero-order valence-corrected chi connectivity index (χ0v) is 13.9. The van der Waals surface area contributed by atoms with Crippen LogP contribution in [0.4, 0.5) is 5.82 Å². The summed E-state index contributed by atoms with van der Waals surface area (Å²) in [7, 11) is 1.59. The summed E-state index contributed by atoms with van der Waals surface area (Å²) in [6.07, 6.45) is 1.42. The Bertz CT molecular complexity index is 729. The topological polar surface area (TPSA) is 59.5 Å². The molecule has 0 saturated heterocycles. The quantitative estimate of drug-likeness (QED) is 0.786. The third-order valence-electron chi connectivity index (χ3n) is 3.35. The van der Waals surface area contributed by atoms with E-state index in [9.17, 15) is 9.59 Å². The molecule has 0 saturated carbocycles. The number of halogens is 1. The van der Waals surface area contributed by atoms with E-state index in [1.54, 1.807) is 7.11 Å². The molecule has 0 bridgehead atoms. The number of carbonyl (C=O) groups excluding carboxylic acids is 2. The molecule has 2 rings (SSSR count). The summed E-state index contributed by atoms with van der Waals surface area (Å²) in [5, 5.41) is 0.354. The highest BCUT2D eigenvalue weighted by atomic mass is 35.5. The number of carbonyl (C=O) groups is 2. The fraction of sp³-hybridized carbons (Fsp3) is 0.235. The number of hydrogen-bond acceptors (Lipinski definition) is 4. The molecule has 0 radical (unpaired) electrons. The van der Waals surface area contributed by atoms with E-state index in [0.29, 0.717) is 22.9 Å². The minimum absolute atomic E-state index is 0.198. The Morgan fingerprint density at radius 1 is 1.22 bits per heavy atom. The molecular formula is C17H17ClN2O3. The van der Waals surface area contributed by atoms with Crippen molar-refractivity contribution in [3.8, 4) is 5.75 Å². The average Bonchev–Trinajstić information content (AvgIpc) is 2.53. The Labute approximate surface area is 139 Å². The molecule has 0 unspecified atom stereocenters. The molecular weight excluding hydrogens is 316 g/mol. The second kappa shape index (κ2) is 7.24. The van der Waals surface area contributed by atoms with Gasteiger partial charge in [-0.15, -0.1) is 0 Å². The molecule has 0 atom stereocenters.